The molecule has 0 aliphatic rings. The summed E-state index contributed by atoms with van der Waals surface area (Å²) in [5, 5.41) is 0.646. The van der Waals surface area contributed by atoms with Gasteiger partial charge in [-0.2, -0.15) is 0 Å². The van der Waals surface area contributed by atoms with Crippen LogP contribution in [0.1, 0.15) is 4.88 Å². The van der Waals surface area contributed by atoms with Gasteiger partial charge >= 0.3 is 0 Å². The smallest absolute Gasteiger partial charge is 0.180 e. The molecule has 0 aromatic carbocycles. The average Bonchev–Trinajstić information content (AvgIpc) is 1.85. The van der Waals surface area contributed by atoms with Gasteiger partial charge in [-0.1, -0.05) is 9.24 Å². The number of thiazole rings is 1. The first-order chi connectivity index (χ1) is 3.70. The van der Waals surface area contributed by atoms with E-state index in [1.807, 2.05) is 6.92 Å². The van der Waals surface area contributed by atoms with Crippen molar-refractivity contribution >= 4 is 31.1 Å². The molecule has 1 aromatic rings. The molecule has 1 aromatic heterocycles. The molecule has 0 aliphatic carbocycles. The molecule has 8 heavy (non-hydrogen) atoms. The number of anilines is 1. The number of rotatable bonds is 0. The Hall–Kier alpha value is -0.140. The van der Waals surface area contributed by atoms with Crippen molar-refractivity contribution in [1.82, 2.24) is 4.98 Å². The summed E-state index contributed by atoms with van der Waals surface area (Å²) >= 11 is 1.52. The van der Waals surface area contributed by atoms with Gasteiger partial charge in [-0.3, -0.25) is 0 Å². The first-order valence-corrected chi connectivity index (χ1v) is 3.58. The molecule has 0 bridgehead atoms. The summed E-state index contributed by atoms with van der Waals surface area (Å²) in [6, 6.07) is 0. The van der Waals surface area contributed by atoms with Gasteiger partial charge in [0, 0.05) is 4.88 Å². The third-order valence-corrected chi connectivity index (χ3v) is 2.44. The molecule has 0 amide bonds. The minimum Gasteiger partial charge on any atom is -0.375 e. The Bertz CT molecular complexity index is 176. The highest BCUT2D eigenvalue weighted by Gasteiger charge is 1.96. The van der Waals surface area contributed by atoms with E-state index in [-0.39, 0.29) is 0 Å². The highest BCUT2D eigenvalue weighted by atomic mass is 32.1. The highest BCUT2D eigenvalue weighted by molar-refractivity contribution is 7.30. The predicted octanol–water partition coefficient (Wildman–Crippen LogP) is 0.534. The van der Waals surface area contributed by atoms with Crippen LogP contribution in [-0.2, 0) is 0 Å². The number of hydrogen-bond donors (Lipinski definition) is 1. The SMILES string of the molecule is Cc1sc(N)nc1P. The van der Waals surface area contributed by atoms with E-state index in [0.717, 1.165) is 5.44 Å². The van der Waals surface area contributed by atoms with Gasteiger partial charge in [-0.15, -0.1) is 11.3 Å². The summed E-state index contributed by atoms with van der Waals surface area (Å²) in [5.41, 5.74) is 6.34. The molecular formula is C4H7N2PS. The van der Waals surface area contributed by atoms with Crippen molar-refractivity contribution in [2.24, 2.45) is 0 Å². The molecule has 0 fully saturated rings. The van der Waals surface area contributed by atoms with Gasteiger partial charge in [0.25, 0.3) is 0 Å². The van der Waals surface area contributed by atoms with E-state index in [2.05, 4.69) is 14.2 Å². The molecule has 0 saturated heterocycles. The van der Waals surface area contributed by atoms with Crippen molar-refractivity contribution in [3.8, 4) is 0 Å². The first-order valence-electron chi connectivity index (χ1n) is 2.18. The number of aromatic nitrogens is 1. The summed E-state index contributed by atoms with van der Waals surface area (Å²) in [6.45, 7) is 2.00. The van der Waals surface area contributed by atoms with Crippen molar-refractivity contribution in [2.45, 2.75) is 6.92 Å². The first kappa shape index (κ1) is 5.99. The van der Waals surface area contributed by atoms with Gasteiger partial charge in [0.1, 0.15) is 0 Å². The molecule has 0 aliphatic heterocycles. The lowest BCUT2D eigenvalue weighted by atomic mass is 10.6. The zero-order valence-corrected chi connectivity index (χ0v) is 6.48. The minimum absolute atomic E-state index is 0.646. The summed E-state index contributed by atoms with van der Waals surface area (Å²) < 4.78 is 0. The van der Waals surface area contributed by atoms with Crippen molar-refractivity contribution in [3.05, 3.63) is 4.88 Å². The van der Waals surface area contributed by atoms with E-state index in [4.69, 9.17) is 5.73 Å². The molecule has 1 heterocycles. The van der Waals surface area contributed by atoms with E-state index in [1.54, 1.807) is 0 Å². The number of hydrogen-bond acceptors (Lipinski definition) is 3. The predicted molar refractivity (Wildman–Crippen MR) is 40.6 cm³/mol. The van der Waals surface area contributed by atoms with Gasteiger partial charge in [0.2, 0.25) is 0 Å². The summed E-state index contributed by atoms with van der Waals surface area (Å²) in [4.78, 5) is 5.14. The van der Waals surface area contributed by atoms with Crippen LogP contribution in [0.4, 0.5) is 5.13 Å². The second-order valence-corrected chi connectivity index (χ2v) is 3.28. The fourth-order valence-corrected chi connectivity index (χ4v) is 1.45. The molecule has 0 spiro atoms. The van der Waals surface area contributed by atoms with Gasteiger partial charge in [-0.25, -0.2) is 4.98 Å². The molecule has 4 heteroatoms. The third kappa shape index (κ3) is 0.984. The number of nitrogens with two attached hydrogens (primary N) is 1. The second kappa shape index (κ2) is 2.00. The van der Waals surface area contributed by atoms with Gasteiger partial charge in [0.05, 0.1) is 5.44 Å². The zero-order valence-electron chi connectivity index (χ0n) is 4.51. The van der Waals surface area contributed by atoms with Crippen LogP contribution in [0.25, 0.3) is 0 Å². The minimum atomic E-state index is 0.646. The van der Waals surface area contributed by atoms with Crippen LogP contribution in [0, 0.1) is 6.92 Å². The Labute approximate surface area is 54.3 Å². The Kier molecular flexibility index (Phi) is 1.49. The molecular weight excluding hydrogens is 139 g/mol. The molecule has 0 radical (unpaired) electrons. The number of aryl methyl sites for hydroxylation is 1. The molecule has 2 nitrogen and oxygen atoms in total. The lowest BCUT2D eigenvalue weighted by Gasteiger charge is -1.77. The highest BCUT2D eigenvalue weighted by Crippen LogP contribution is 2.12. The van der Waals surface area contributed by atoms with Crippen molar-refractivity contribution in [1.29, 1.82) is 0 Å². The van der Waals surface area contributed by atoms with E-state index >= 15 is 0 Å². The standard InChI is InChI=1S/C4H7N2PS/c1-2-3(7)6-4(5)8-2/h7H2,1H3,(H2,5,6). The molecule has 1 atom stereocenters. The molecule has 1 rings (SSSR count). The van der Waals surface area contributed by atoms with E-state index in [9.17, 15) is 0 Å². The number of nitrogen functional groups attached to an aromatic ring is 1. The van der Waals surface area contributed by atoms with E-state index in [0.29, 0.717) is 5.13 Å². The molecule has 2 N–H and O–H groups in total. The molecule has 44 valence electrons. The van der Waals surface area contributed by atoms with Gasteiger partial charge in [0.15, 0.2) is 5.13 Å². The van der Waals surface area contributed by atoms with Crippen molar-refractivity contribution in [2.75, 3.05) is 5.73 Å². The maximum Gasteiger partial charge on any atom is 0.180 e. The van der Waals surface area contributed by atoms with E-state index in [1.165, 1.54) is 16.2 Å². The third-order valence-electron chi connectivity index (χ3n) is 0.849. The van der Waals surface area contributed by atoms with Crippen LogP contribution >= 0.6 is 20.6 Å². The fraction of sp³-hybridized carbons (Fsp3) is 0.250. The second-order valence-electron chi connectivity index (χ2n) is 1.49. The lowest BCUT2D eigenvalue weighted by Crippen LogP contribution is -1.93. The van der Waals surface area contributed by atoms with Crippen LogP contribution in [0.5, 0.6) is 0 Å². The largest absolute Gasteiger partial charge is 0.375 e. The Morgan fingerprint density at radius 2 is 2.38 bits per heavy atom. The van der Waals surface area contributed by atoms with Gasteiger partial charge in [-0.05, 0) is 6.92 Å². The number of nitrogens with zero attached hydrogens (tertiary/aromatic N) is 1. The Balaban J connectivity index is 3.14. The topological polar surface area (TPSA) is 38.9 Å². The van der Waals surface area contributed by atoms with Crippen LogP contribution < -0.4 is 11.2 Å². The Morgan fingerprint density at radius 1 is 1.75 bits per heavy atom. The normalized spacial score (nSPS) is 9.75. The Morgan fingerprint density at radius 3 is 2.50 bits per heavy atom. The van der Waals surface area contributed by atoms with Crippen molar-refractivity contribution < 1.29 is 0 Å². The van der Waals surface area contributed by atoms with Crippen molar-refractivity contribution in [3.63, 3.8) is 0 Å². The quantitative estimate of drug-likeness (QED) is 0.542. The fourth-order valence-electron chi connectivity index (χ4n) is 0.429. The monoisotopic (exact) mass is 146 g/mol. The van der Waals surface area contributed by atoms with Crippen LogP contribution in [0.3, 0.4) is 0 Å². The maximum absolute atomic E-state index is 5.37. The molecule has 0 saturated carbocycles. The molecule has 1 unspecified atom stereocenters. The summed E-state index contributed by atoms with van der Waals surface area (Å²) in [6.07, 6.45) is 0. The van der Waals surface area contributed by atoms with E-state index < -0.39 is 0 Å². The summed E-state index contributed by atoms with van der Waals surface area (Å²) in [7, 11) is 2.53. The zero-order chi connectivity index (χ0) is 6.15. The van der Waals surface area contributed by atoms with Crippen LogP contribution in [-0.4, -0.2) is 4.98 Å². The van der Waals surface area contributed by atoms with Gasteiger partial charge < -0.3 is 5.73 Å². The van der Waals surface area contributed by atoms with Crippen LogP contribution in [0.15, 0.2) is 0 Å². The average molecular weight is 146 g/mol. The maximum atomic E-state index is 5.37. The summed E-state index contributed by atoms with van der Waals surface area (Å²) in [5.74, 6) is 0. The lowest BCUT2D eigenvalue weighted by molar-refractivity contribution is 1.47. The van der Waals surface area contributed by atoms with Crippen LogP contribution in [0.2, 0.25) is 0 Å².